The molecule has 1 fully saturated rings. The summed E-state index contributed by atoms with van der Waals surface area (Å²) in [7, 11) is 0. The molecule has 0 bridgehead atoms. The summed E-state index contributed by atoms with van der Waals surface area (Å²) in [4.78, 5) is 24.4. The van der Waals surface area contributed by atoms with Crippen molar-refractivity contribution in [2.75, 3.05) is 0 Å². The molecule has 0 spiro atoms. The van der Waals surface area contributed by atoms with E-state index in [9.17, 15) is 19.8 Å². The van der Waals surface area contributed by atoms with Crippen LogP contribution < -0.4 is 0 Å². The lowest BCUT2D eigenvalue weighted by Gasteiger charge is -2.48. The van der Waals surface area contributed by atoms with Gasteiger partial charge in [0, 0.05) is 0 Å². The summed E-state index contributed by atoms with van der Waals surface area (Å²) in [6, 6.07) is 0. The first-order chi connectivity index (χ1) is 15.3. The highest BCUT2D eigenvalue weighted by molar-refractivity contribution is 5.87. The molecule has 0 aliphatic heterocycles. The van der Waals surface area contributed by atoms with Crippen LogP contribution in [0.25, 0.3) is 0 Å². The minimum Gasteiger partial charge on any atom is -0.481 e. The molecule has 4 nitrogen and oxygen atoms in total. The van der Waals surface area contributed by atoms with Crippen LogP contribution in [0.1, 0.15) is 149 Å². The van der Waals surface area contributed by atoms with Crippen LogP contribution in [-0.2, 0) is 9.59 Å². The summed E-state index contributed by atoms with van der Waals surface area (Å²) < 4.78 is 0. The molecule has 188 valence electrons. The Hall–Kier alpha value is -1.06. The summed E-state index contributed by atoms with van der Waals surface area (Å²) >= 11 is 0. The zero-order chi connectivity index (χ0) is 23.9. The van der Waals surface area contributed by atoms with E-state index >= 15 is 0 Å². The second-order valence-electron chi connectivity index (χ2n) is 10.9. The van der Waals surface area contributed by atoms with Crippen molar-refractivity contribution in [1.29, 1.82) is 0 Å². The quantitative estimate of drug-likeness (QED) is 0.192. The van der Waals surface area contributed by atoms with Crippen molar-refractivity contribution in [3.63, 3.8) is 0 Å². The van der Waals surface area contributed by atoms with Crippen molar-refractivity contribution in [2.45, 2.75) is 149 Å². The number of carbonyl (C=O) groups is 2. The van der Waals surface area contributed by atoms with Crippen LogP contribution in [0.5, 0.6) is 0 Å². The number of aliphatic carboxylic acids is 2. The molecule has 1 rings (SSSR count). The van der Waals surface area contributed by atoms with E-state index in [1.54, 1.807) is 0 Å². The molecule has 2 unspecified atom stereocenters. The molecule has 0 aromatic heterocycles. The summed E-state index contributed by atoms with van der Waals surface area (Å²) in [5.74, 6) is -0.950. The fraction of sp³-hybridized carbons (Fsp3) is 0.929. The average Bonchev–Trinajstić information content (AvgIpc) is 2.76. The van der Waals surface area contributed by atoms with Crippen molar-refractivity contribution in [3.8, 4) is 0 Å². The van der Waals surface area contributed by atoms with Crippen molar-refractivity contribution in [1.82, 2.24) is 0 Å². The lowest BCUT2D eigenvalue weighted by atomic mass is 9.53. The second kappa shape index (κ2) is 15.7. The first-order valence-electron chi connectivity index (χ1n) is 13.8. The van der Waals surface area contributed by atoms with E-state index in [-0.39, 0.29) is 0 Å². The monoisotopic (exact) mass is 452 g/mol. The van der Waals surface area contributed by atoms with Crippen LogP contribution in [0.3, 0.4) is 0 Å². The van der Waals surface area contributed by atoms with Gasteiger partial charge < -0.3 is 10.2 Å². The van der Waals surface area contributed by atoms with Gasteiger partial charge in [-0.15, -0.1) is 0 Å². The molecule has 0 aromatic carbocycles. The van der Waals surface area contributed by atoms with E-state index in [4.69, 9.17) is 0 Å². The van der Waals surface area contributed by atoms with E-state index in [0.717, 1.165) is 38.0 Å². The molecule has 0 aromatic rings. The van der Waals surface area contributed by atoms with Gasteiger partial charge in [-0.25, -0.2) is 0 Å². The smallest absolute Gasteiger partial charge is 0.310 e. The topological polar surface area (TPSA) is 74.6 Å². The van der Waals surface area contributed by atoms with Gasteiger partial charge in [-0.05, 0) is 31.6 Å². The standard InChI is InChI=1S/C28H52O4/c1-4-27(25(29)30)21-18-19-23-28(27,26(31)32)22-17-15-13-11-9-7-5-6-8-10-12-14-16-20-24(2)3/h24H,4-23H2,1-3H3,(H,29,30)(H,31,32). The van der Waals surface area contributed by atoms with Gasteiger partial charge in [0.2, 0.25) is 0 Å². The van der Waals surface area contributed by atoms with Gasteiger partial charge in [0.15, 0.2) is 0 Å². The molecule has 32 heavy (non-hydrogen) atoms. The van der Waals surface area contributed by atoms with Crippen molar-refractivity contribution in [2.24, 2.45) is 16.7 Å². The molecule has 0 heterocycles. The van der Waals surface area contributed by atoms with Gasteiger partial charge in [-0.2, -0.15) is 0 Å². The summed E-state index contributed by atoms with van der Waals surface area (Å²) in [6.45, 7) is 6.46. The number of hydrogen-bond donors (Lipinski definition) is 2. The molecule has 2 N–H and O–H groups in total. The summed E-state index contributed by atoms with van der Waals surface area (Å²) in [5.41, 5.74) is -2.17. The van der Waals surface area contributed by atoms with Crippen LogP contribution in [0.15, 0.2) is 0 Å². The third-order valence-electron chi connectivity index (χ3n) is 8.18. The van der Waals surface area contributed by atoms with Gasteiger partial charge in [-0.3, -0.25) is 9.59 Å². The first-order valence-corrected chi connectivity index (χ1v) is 13.8. The Morgan fingerprint density at radius 2 is 1.03 bits per heavy atom. The molecule has 0 amide bonds. The van der Waals surface area contributed by atoms with E-state index in [1.807, 2.05) is 6.92 Å². The molecular weight excluding hydrogens is 400 g/mol. The SMILES string of the molecule is CCC1(C(=O)O)CCCCC1(CCCCCCCCCCCCCCCC(C)C)C(=O)O. The lowest BCUT2D eigenvalue weighted by Crippen LogP contribution is -2.54. The zero-order valence-electron chi connectivity index (χ0n) is 21.4. The number of carboxylic acids is 2. The first kappa shape index (κ1) is 29.0. The molecule has 2 atom stereocenters. The lowest BCUT2D eigenvalue weighted by molar-refractivity contribution is -0.181. The Kier molecular flexibility index (Phi) is 14.2. The van der Waals surface area contributed by atoms with Crippen LogP contribution in [0, 0.1) is 16.7 Å². The Labute approximate surface area is 197 Å². The third-order valence-corrected chi connectivity index (χ3v) is 8.18. The normalized spacial score (nSPS) is 23.5. The minimum absolute atomic E-state index is 0.409. The molecule has 1 aliphatic carbocycles. The van der Waals surface area contributed by atoms with Crippen molar-refractivity contribution >= 4 is 11.9 Å². The molecule has 0 saturated heterocycles. The largest absolute Gasteiger partial charge is 0.481 e. The molecule has 1 saturated carbocycles. The third kappa shape index (κ3) is 8.71. The van der Waals surface area contributed by atoms with E-state index < -0.39 is 22.8 Å². The summed E-state index contributed by atoms with van der Waals surface area (Å²) in [6.07, 6.45) is 21.4. The average molecular weight is 453 g/mol. The van der Waals surface area contributed by atoms with Gasteiger partial charge in [0.1, 0.15) is 0 Å². The maximum absolute atomic E-state index is 12.3. The van der Waals surface area contributed by atoms with Crippen molar-refractivity contribution in [3.05, 3.63) is 0 Å². The van der Waals surface area contributed by atoms with Crippen LogP contribution in [0.2, 0.25) is 0 Å². The van der Waals surface area contributed by atoms with Crippen LogP contribution in [-0.4, -0.2) is 22.2 Å². The molecule has 0 radical (unpaired) electrons. The second-order valence-corrected chi connectivity index (χ2v) is 10.9. The Morgan fingerprint density at radius 3 is 1.41 bits per heavy atom. The number of rotatable bonds is 19. The Morgan fingerprint density at radius 1 is 0.656 bits per heavy atom. The fourth-order valence-electron chi connectivity index (χ4n) is 6.02. The predicted molar refractivity (Wildman–Crippen MR) is 133 cm³/mol. The van der Waals surface area contributed by atoms with E-state index in [2.05, 4.69) is 13.8 Å². The van der Waals surface area contributed by atoms with Gasteiger partial charge >= 0.3 is 11.9 Å². The zero-order valence-corrected chi connectivity index (χ0v) is 21.4. The highest BCUT2D eigenvalue weighted by Crippen LogP contribution is 2.56. The number of hydrogen-bond acceptors (Lipinski definition) is 2. The van der Waals surface area contributed by atoms with Gasteiger partial charge in [0.05, 0.1) is 10.8 Å². The fourth-order valence-corrected chi connectivity index (χ4v) is 6.02. The van der Waals surface area contributed by atoms with Gasteiger partial charge in [0.25, 0.3) is 0 Å². The maximum atomic E-state index is 12.3. The van der Waals surface area contributed by atoms with Crippen LogP contribution >= 0.6 is 0 Å². The Balaban J connectivity index is 2.16. The van der Waals surface area contributed by atoms with Crippen molar-refractivity contribution < 1.29 is 19.8 Å². The maximum Gasteiger partial charge on any atom is 0.310 e. The molecule has 4 heteroatoms. The molecule has 1 aliphatic rings. The van der Waals surface area contributed by atoms with E-state index in [1.165, 1.54) is 70.6 Å². The highest BCUT2D eigenvalue weighted by atomic mass is 16.4. The summed E-state index contributed by atoms with van der Waals surface area (Å²) in [5, 5.41) is 20.0. The Bertz CT molecular complexity index is 530. The number of carboxylic acid groups (broad SMARTS) is 2. The predicted octanol–water partition coefficient (Wildman–Crippen LogP) is 8.62. The molecular formula is C28H52O4. The van der Waals surface area contributed by atoms with Gasteiger partial charge in [-0.1, -0.05) is 124 Å². The van der Waals surface area contributed by atoms with Crippen LogP contribution in [0.4, 0.5) is 0 Å². The number of unbranched alkanes of at least 4 members (excludes halogenated alkanes) is 12. The van der Waals surface area contributed by atoms with E-state index in [0.29, 0.717) is 25.7 Å². The highest BCUT2D eigenvalue weighted by Gasteiger charge is 2.60. The minimum atomic E-state index is -1.09.